The number of fused-ring (bicyclic) bond motifs is 1. The fourth-order valence-electron chi connectivity index (χ4n) is 2.49. The van der Waals surface area contributed by atoms with Crippen molar-refractivity contribution in [1.29, 1.82) is 0 Å². The Morgan fingerprint density at radius 3 is 3.00 bits per heavy atom. The smallest absolute Gasteiger partial charge is 0.244 e. The van der Waals surface area contributed by atoms with Gasteiger partial charge in [0.25, 0.3) is 0 Å². The minimum Gasteiger partial charge on any atom is -0.366 e. The number of nitrogens with two attached hydrogens (primary N) is 1. The van der Waals surface area contributed by atoms with Crippen LogP contribution in [0, 0.1) is 0 Å². The van der Waals surface area contributed by atoms with E-state index in [9.17, 15) is 4.79 Å². The molecule has 2 N–H and O–H groups in total. The van der Waals surface area contributed by atoms with Gasteiger partial charge in [-0.2, -0.15) is 0 Å². The zero-order chi connectivity index (χ0) is 9.71. The van der Waals surface area contributed by atoms with Crippen LogP contribution in [0.3, 0.4) is 0 Å². The molecule has 0 saturated carbocycles. The van der Waals surface area contributed by atoms with Gasteiger partial charge < -0.3 is 5.73 Å². The van der Waals surface area contributed by atoms with Crippen LogP contribution < -0.4 is 5.73 Å². The van der Waals surface area contributed by atoms with Crippen LogP contribution in [0.1, 0.15) is 19.3 Å². The number of allylic oxidation sites excluding steroid dienone is 7. The molecule has 0 aliphatic heterocycles. The zero-order valence-electron chi connectivity index (χ0n) is 7.84. The first-order valence-corrected chi connectivity index (χ1v) is 4.87. The van der Waals surface area contributed by atoms with Gasteiger partial charge in [0, 0.05) is 12.0 Å². The van der Waals surface area contributed by atoms with Gasteiger partial charge in [0.1, 0.15) is 0 Å². The fourth-order valence-corrected chi connectivity index (χ4v) is 2.49. The van der Waals surface area contributed by atoms with Gasteiger partial charge >= 0.3 is 0 Å². The van der Waals surface area contributed by atoms with Crippen molar-refractivity contribution in [2.24, 2.45) is 5.73 Å². The lowest BCUT2D eigenvalue weighted by Crippen LogP contribution is -2.13. The highest BCUT2D eigenvalue weighted by atomic mass is 16.1. The molecule has 2 heteroatoms. The van der Waals surface area contributed by atoms with Crippen molar-refractivity contribution in [3.8, 4) is 0 Å². The van der Waals surface area contributed by atoms with Gasteiger partial charge in [-0.15, -0.1) is 0 Å². The molecule has 0 aromatic heterocycles. The highest BCUT2D eigenvalue weighted by Crippen LogP contribution is 2.45. The first-order chi connectivity index (χ1) is 6.75. The number of amides is 1. The summed E-state index contributed by atoms with van der Waals surface area (Å²) in [5.74, 6) is -0.275. The molecule has 70 valence electrons. The van der Waals surface area contributed by atoms with E-state index >= 15 is 0 Å². The van der Waals surface area contributed by atoms with Crippen LogP contribution in [-0.4, -0.2) is 5.91 Å². The maximum absolute atomic E-state index is 11.0. The molecule has 2 nitrogen and oxygen atoms in total. The summed E-state index contributed by atoms with van der Waals surface area (Å²) in [6, 6.07) is 0. The van der Waals surface area contributed by atoms with Crippen molar-refractivity contribution in [1.82, 2.24) is 0 Å². The molecule has 0 radical (unpaired) electrons. The predicted molar refractivity (Wildman–Crippen MR) is 54.3 cm³/mol. The first-order valence-electron chi connectivity index (χ1n) is 4.87. The van der Waals surface area contributed by atoms with Crippen molar-refractivity contribution in [3.63, 3.8) is 0 Å². The summed E-state index contributed by atoms with van der Waals surface area (Å²) in [4.78, 5) is 11.0. The highest BCUT2D eigenvalue weighted by Gasteiger charge is 2.29. The Bertz CT molecular complexity index is 461. The molecule has 14 heavy (non-hydrogen) atoms. The van der Waals surface area contributed by atoms with Gasteiger partial charge in [0.05, 0.1) is 0 Å². The van der Waals surface area contributed by atoms with Crippen molar-refractivity contribution in [2.75, 3.05) is 0 Å². The Kier molecular flexibility index (Phi) is 1.38. The maximum atomic E-state index is 11.0. The topological polar surface area (TPSA) is 43.1 Å². The second kappa shape index (κ2) is 2.47. The molecule has 0 atom stereocenters. The molecule has 0 aromatic carbocycles. The SMILES string of the molecule is NC(=O)C1=CC2=C(C1)C1=C(CC=C1)C2. The minimum atomic E-state index is -0.275. The summed E-state index contributed by atoms with van der Waals surface area (Å²) < 4.78 is 0. The Hall–Kier alpha value is -1.57. The summed E-state index contributed by atoms with van der Waals surface area (Å²) in [6.45, 7) is 0. The summed E-state index contributed by atoms with van der Waals surface area (Å²) in [5, 5.41) is 0. The van der Waals surface area contributed by atoms with E-state index in [1.54, 1.807) is 0 Å². The molecule has 3 aliphatic carbocycles. The summed E-state index contributed by atoms with van der Waals surface area (Å²) in [7, 11) is 0. The third-order valence-corrected chi connectivity index (χ3v) is 3.18. The molecular formula is C12H11NO. The Morgan fingerprint density at radius 2 is 2.21 bits per heavy atom. The molecule has 3 aliphatic rings. The zero-order valence-corrected chi connectivity index (χ0v) is 7.84. The van der Waals surface area contributed by atoms with E-state index in [1.807, 2.05) is 6.08 Å². The third-order valence-electron chi connectivity index (χ3n) is 3.18. The Labute approximate surface area is 82.5 Å². The van der Waals surface area contributed by atoms with E-state index in [2.05, 4.69) is 12.2 Å². The molecule has 0 aromatic rings. The van der Waals surface area contributed by atoms with E-state index in [1.165, 1.54) is 22.3 Å². The van der Waals surface area contributed by atoms with Crippen molar-refractivity contribution < 1.29 is 4.79 Å². The lowest BCUT2D eigenvalue weighted by atomic mass is 10.0. The molecule has 3 rings (SSSR count). The van der Waals surface area contributed by atoms with Crippen molar-refractivity contribution in [3.05, 3.63) is 46.1 Å². The molecule has 0 fully saturated rings. The number of rotatable bonds is 1. The van der Waals surface area contributed by atoms with E-state index < -0.39 is 0 Å². The maximum Gasteiger partial charge on any atom is 0.244 e. The average molecular weight is 185 g/mol. The van der Waals surface area contributed by atoms with Crippen LogP contribution in [0.15, 0.2) is 46.1 Å². The predicted octanol–water partition coefficient (Wildman–Crippen LogP) is 1.76. The second-order valence-corrected chi connectivity index (χ2v) is 4.01. The third kappa shape index (κ3) is 0.882. The first kappa shape index (κ1) is 7.80. The van der Waals surface area contributed by atoms with Gasteiger partial charge in [-0.1, -0.05) is 17.7 Å². The molecule has 1 amide bonds. The largest absolute Gasteiger partial charge is 0.366 e. The van der Waals surface area contributed by atoms with Crippen LogP contribution >= 0.6 is 0 Å². The molecule has 0 spiro atoms. The van der Waals surface area contributed by atoms with E-state index in [-0.39, 0.29) is 5.91 Å². The van der Waals surface area contributed by atoms with Gasteiger partial charge in [0.2, 0.25) is 5.91 Å². The van der Waals surface area contributed by atoms with Gasteiger partial charge in [-0.3, -0.25) is 4.79 Å². The van der Waals surface area contributed by atoms with Gasteiger partial charge in [-0.05, 0) is 35.6 Å². The normalized spacial score (nSPS) is 23.0. The number of hydrogen-bond acceptors (Lipinski definition) is 1. The van der Waals surface area contributed by atoms with E-state index in [4.69, 9.17) is 5.73 Å². The molecule has 0 saturated heterocycles. The van der Waals surface area contributed by atoms with Crippen LogP contribution in [0.2, 0.25) is 0 Å². The fraction of sp³-hybridized carbons (Fsp3) is 0.250. The van der Waals surface area contributed by atoms with E-state index in [0.29, 0.717) is 0 Å². The Morgan fingerprint density at radius 1 is 1.36 bits per heavy atom. The van der Waals surface area contributed by atoms with Crippen LogP contribution in [0.4, 0.5) is 0 Å². The van der Waals surface area contributed by atoms with Crippen molar-refractivity contribution >= 4 is 5.91 Å². The molecule has 0 heterocycles. The van der Waals surface area contributed by atoms with Crippen LogP contribution in [-0.2, 0) is 4.79 Å². The average Bonchev–Trinajstić information content (AvgIpc) is 2.70. The highest BCUT2D eigenvalue weighted by molar-refractivity contribution is 5.95. The monoisotopic (exact) mass is 185 g/mol. The minimum absolute atomic E-state index is 0.275. The van der Waals surface area contributed by atoms with Crippen LogP contribution in [0.5, 0.6) is 0 Å². The van der Waals surface area contributed by atoms with Crippen molar-refractivity contribution in [2.45, 2.75) is 19.3 Å². The van der Waals surface area contributed by atoms with Gasteiger partial charge in [0.15, 0.2) is 0 Å². The van der Waals surface area contributed by atoms with Crippen LogP contribution in [0.25, 0.3) is 0 Å². The van der Waals surface area contributed by atoms with Gasteiger partial charge in [-0.25, -0.2) is 0 Å². The summed E-state index contributed by atoms with van der Waals surface area (Å²) >= 11 is 0. The number of carbonyl (C=O) groups excluding carboxylic acids is 1. The Balaban J connectivity index is 1.94. The summed E-state index contributed by atoms with van der Waals surface area (Å²) in [5.41, 5.74) is 11.6. The van der Waals surface area contributed by atoms with E-state index in [0.717, 1.165) is 24.8 Å². The molecule has 0 unspecified atom stereocenters. The lowest BCUT2D eigenvalue weighted by Gasteiger charge is -2.01. The quantitative estimate of drug-likeness (QED) is 0.664. The lowest BCUT2D eigenvalue weighted by molar-refractivity contribution is -0.114. The molecular weight excluding hydrogens is 174 g/mol. The number of carbonyl (C=O) groups is 1. The standard InChI is InChI=1S/C12H11NO/c13-12(14)9-5-8-4-7-2-1-3-10(7)11(8)6-9/h1,3,5H,2,4,6H2,(H2,13,14). The number of primary amides is 1. The number of hydrogen-bond donors (Lipinski definition) is 1. The summed E-state index contributed by atoms with van der Waals surface area (Å²) in [6.07, 6.45) is 9.19. The second-order valence-electron chi connectivity index (χ2n) is 4.01. The molecule has 0 bridgehead atoms.